The summed E-state index contributed by atoms with van der Waals surface area (Å²) in [5.41, 5.74) is 1.28. The summed E-state index contributed by atoms with van der Waals surface area (Å²) in [6.07, 6.45) is 2.24. The molecule has 1 N–H and O–H groups in total. The Morgan fingerprint density at radius 3 is 2.42 bits per heavy atom. The van der Waals surface area contributed by atoms with Gasteiger partial charge in [-0.1, -0.05) is 27.2 Å². The van der Waals surface area contributed by atoms with Crippen molar-refractivity contribution in [2.24, 2.45) is 5.92 Å². The van der Waals surface area contributed by atoms with E-state index >= 15 is 0 Å². The number of anilines is 1. The van der Waals surface area contributed by atoms with Crippen LogP contribution in [0.2, 0.25) is 0 Å². The van der Waals surface area contributed by atoms with Gasteiger partial charge in [-0.25, -0.2) is 4.98 Å². The molecule has 0 fully saturated rings. The first-order valence-electron chi connectivity index (χ1n) is 7.39. The normalized spacial score (nSPS) is 11.6. The van der Waals surface area contributed by atoms with E-state index in [1.807, 2.05) is 18.4 Å². The van der Waals surface area contributed by atoms with Gasteiger partial charge in [0.05, 0.1) is 5.69 Å². The molecule has 4 heteroatoms. The lowest BCUT2D eigenvalue weighted by Crippen LogP contribution is -2.34. The molecule has 1 heterocycles. The fourth-order valence-corrected chi connectivity index (χ4v) is 3.39. The third-order valence-corrected chi connectivity index (χ3v) is 4.16. The Bertz CT molecular complexity index is 348. The lowest BCUT2D eigenvalue weighted by Gasteiger charge is -2.27. The summed E-state index contributed by atoms with van der Waals surface area (Å²) >= 11 is 1.85. The summed E-state index contributed by atoms with van der Waals surface area (Å²) < 4.78 is 0. The van der Waals surface area contributed by atoms with E-state index in [2.05, 4.69) is 44.8 Å². The molecule has 0 radical (unpaired) electrons. The minimum absolute atomic E-state index is 0.505. The molecule has 0 aliphatic rings. The van der Waals surface area contributed by atoms with Gasteiger partial charge in [0.25, 0.3) is 0 Å². The van der Waals surface area contributed by atoms with E-state index in [0.717, 1.165) is 25.9 Å². The van der Waals surface area contributed by atoms with Crippen LogP contribution in [0, 0.1) is 5.92 Å². The van der Waals surface area contributed by atoms with Crippen molar-refractivity contribution in [3.63, 3.8) is 0 Å². The number of rotatable bonds is 8. The molecule has 1 aromatic rings. The van der Waals surface area contributed by atoms with E-state index in [9.17, 15) is 0 Å². The predicted octanol–water partition coefficient (Wildman–Crippen LogP) is 3.69. The number of hydrogen-bond donors (Lipinski definition) is 1. The highest BCUT2D eigenvalue weighted by Gasteiger charge is 2.18. The second-order valence-electron chi connectivity index (χ2n) is 5.79. The average molecular weight is 283 g/mol. The molecule has 0 saturated heterocycles. The zero-order valence-corrected chi connectivity index (χ0v) is 14.1. The molecule has 1 rings (SSSR count). The fraction of sp³-hybridized carbons (Fsp3) is 0.800. The van der Waals surface area contributed by atoms with Crippen LogP contribution < -0.4 is 10.2 Å². The third kappa shape index (κ3) is 4.77. The van der Waals surface area contributed by atoms with Gasteiger partial charge in [-0.2, -0.15) is 0 Å². The van der Waals surface area contributed by atoms with Crippen LogP contribution in [0.5, 0.6) is 0 Å². The molecule has 0 bridgehead atoms. The van der Waals surface area contributed by atoms with E-state index in [1.165, 1.54) is 15.7 Å². The second-order valence-corrected chi connectivity index (χ2v) is 6.85. The molecule has 0 atom stereocenters. The van der Waals surface area contributed by atoms with Crippen molar-refractivity contribution in [3.05, 3.63) is 10.6 Å². The van der Waals surface area contributed by atoms with Crippen LogP contribution in [0.25, 0.3) is 0 Å². The Morgan fingerprint density at radius 1 is 1.26 bits per heavy atom. The molecule has 0 spiro atoms. The van der Waals surface area contributed by atoms with E-state index in [-0.39, 0.29) is 0 Å². The van der Waals surface area contributed by atoms with E-state index in [1.54, 1.807) is 0 Å². The molecule has 0 aliphatic heterocycles. The zero-order chi connectivity index (χ0) is 14.4. The van der Waals surface area contributed by atoms with Gasteiger partial charge in [0.1, 0.15) is 0 Å². The molecule has 0 amide bonds. The van der Waals surface area contributed by atoms with Gasteiger partial charge in [-0.15, -0.1) is 11.3 Å². The topological polar surface area (TPSA) is 28.2 Å². The quantitative estimate of drug-likeness (QED) is 0.789. The number of nitrogens with one attached hydrogen (secondary N) is 1. The predicted molar refractivity (Wildman–Crippen MR) is 86.2 cm³/mol. The van der Waals surface area contributed by atoms with E-state index < -0.39 is 0 Å². The fourth-order valence-electron chi connectivity index (χ4n) is 2.13. The van der Waals surface area contributed by atoms with E-state index in [0.29, 0.717) is 12.0 Å². The highest BCUT2D eigenvalue weighted by molar-refractivity contribution is 7.15. The van der Waals surface area contributed by atoms with Crippen molar-refractivity contribution in [1.82, 2.24) is 10.3 Å². The molecule has 0 unspecified atom stereocenters. The molecule has 19 heavy (non-hydrogen) atoms. The van der Waals surface area contributed by atoms with Crippen LogP contribution in [0.4, 0.5) is 5.13 Å². The average Bonchev–Trinajstić information content (AvgIpc) is 2.70. The van der Waals surface area contributed by atoms with Gasteiger partial charge >= 0.3 is 0 Å². The maximum absolute atomic E-state index is 4.90. The lowest BCUT2D eigenvalue weighted by atomic mass is 10.2. The Kier molecular flexibility index (Phi) is 6.80. The Morgan fingerprint density at radius 2 is 1.95 bits per heavy atom. The monoisotopic (exact) mass is 283 g/mol. The van der Waals surface area contributed by atoms with Crippen LogP contribution in [0.15, 0.2) is 0 Å². The van der Waals surface area contributed by atoms with Gasteiger partial charge in [0, 0.05) is 24.0 Å². The number of aromatic nitrogens is 1. The molecule has 0 aliphatic carbocycles. The second kappa shape index (κ2) is 7.85. The number of nitrogens with zero attached hydrogens (tertiary/aromatic N) is 2. The van der Waals surface area contributed by atoms with Crippen molar-refractivity contribution < 1.29 is 0 Å². The highest BCUT2D eigenvalue weighted by Crippen LogP contribution is 2.29. The maximum Gasteiger partial charge on any atom is 0.186 e. The molecule has 110 valence electrons. The maximum atomic E-state index is 4.90. The number of thiazole rings is 1. The minimum Gasteiger partial charge on any atom is -0.345 e. The van der Waals surface area contributed by atoms with Crippen molar-refractivity contribution in [1.29, 1.82) is 0 Å². The summed E-state index contributed by atoms with van der Waals surface area (Å²) in [6.45, 7) is 13.3. The van der Waals surface area contributed by atoms with Crippen LogP contribution in [-0.2, 0) is 13.0 Å². The van der Waals surface area contributed by atoms with Crippen molar-refractivity contribution in [3.8, 4) is 0 Å². The molecule has 0 saturated carbocycles. The molecule has 1 aromatic heterocycles. The SMILES string of the molecule is CCCc1nc(N(CC(C)C)C(C)C)sc1CNC. The van der Waals surface area contributed by atoms with Crippen LogP contribution in [0.1, 0.15) is 51.6 Å². The number of aryl methyl sites for hydroxylation is 1. The zero-order valence-electron chi connectivity index (χ0n) is 13.3. The van der Waals surface area contributed by atoms with Crippen molar-refractivity contribution in [2.75, 3.05) is 18.5 Å². The van der Waals surface area contributed by atoms with Crippen LogP contribution in [0.3, 0.4) is 0 Å². The minimum atomic E-state index is 0.505. The first-order valence-corrected chi connectivity index (χ1v) is 8.21. The molecular formula is C15H29N3S. The summed E-state index contributed by atoms with van der Waals surface area (Å²) in [4.78, 5) is 8.73. The first kappa shape index (κ1) is 16.4. The lowest BCUT2D eigenvalue weighted by molar-refractivity contribution is 0.569. The standard InChI is InChI=1S/C15H29N3S/c1-7-8-13-14(9-16-6)19-15(17-13)18(12(4)5)10-11(2)3/h11-12,16H,7-10H2,1-6H3. The smallest absolute Gasteiger partial charge is 0.186 e. The van der Waals surface area contributed by atoms with Crippen molar-refractivity contribution in [2.45, 2.75) is 60.0 Å². The number of hydrogen-bond acceptors (Lipinski definition) is 4. The summed E-state index contributed by atoms with van der Waals surface area (Å²) in [6, 6.07) is 0.505. The van der Waals surface area contributed by atoms with Gasteiger partial charge in [0.2, 0.25) is 0 Å². The Hall–Kier alpha value is -0.610. The van der Waals surface area contributed by atoms with Crippen LogP contribution in [-0.4, -0.2) is 24.6 Å². The van der Waals surface area contributed by atoms with Crippen molar-refractivity contribution >= 4 is 16.5 Å². The highest BCUT2D eigenvalue weighted by atomic mass is 32.1. The largest absolute Gasteiger partial charge is 0.345 e. The van der Waals surface area contributed by atoms with Crippen LogP contribution >= 0.6 is 11.3 Å². The Labute approximate surface area is 122 Å². The van der Waals surface area contributed by atoms with E-state index in [4.69, 9.17) is 4.98 Å². The molecule has 3 nitrogen and oxygen atoms in total. The van der Waals surface area contributed by atoms with Gasteiger partial charge in [-0.3, -0.25) is 0 Å². The van der Waals surface area contributed by atoms with Gasteiger partial charge in [0.15, 0.2) is 5.13 Å². The van der Waals surface area contributed by atoms with Gasteiger partial charge in [-0.05, 0) is 33.2 Å². The first-order chi connectivity index (χ1) is 8.99. The summed E-state index contributed by atoms with van der Waals surface area (Å²) in [5.74, 6) is 0.661. The van der Waals surface area contributed by atoms with Gasteiger partial charge < -0.3 is 10.2 Å². The third-order valence-electron chi connectivity index (χ3n) is 3.02. The molecule has 0 aromatic carbocycles. The molecular weight excluding hydrogens is 254 g/mol. The summed E-state index contributed by atoms with van der Waals surface area (Å²) in [5, 5.41) is 4.45. The summed E-state index contributed by atoms with van der Waals surface area (Å²) in [7, 11) is 2.00. The Balaban J connectivity index is 2.99.